The molecular formula is C37H38N2O5. The van der Waals surface area contributed by atoms with E-state index in [1.807, 2.05) is 49.4 Å². The third-order valence-corrected chi connectivity index (χ3v) is 7.37. The van der Waals surface area contributed by atoms with Crippen molar-refractivity contribution in [2.75, 3.05) is 18.5 Å². The number of carbonyl (C=O) groups is 3. The van der Waals surface area contributed by atoms with Crippen LogP contribution < -0.4 is 15.4 Å². The maximum absolute atomic E-state index is 13.1. The average molecular weight is 591 g/mol. The molecule has 0 bridgehead atoms. The summed E-state index contributed by atoms with van der Waals surface area (Å²) < 4.78 is 5.85. The van der Waals surface area contributed by atoms with Crippen LogP contribution in [0.5, 0.6) is 5.75 Å². The van der Waals surface area contributed by atoms with Gasteiger partial charge in [-0.1, -0.05) is 84.9 Å². The van der Waals surface area contributed by atoms with Crippen molar-refractivity contribution >= 4 is 23.3 Å². The van der Waals surface area contributed by atoms with Gasteiger partial charge in [0.1, 0.15) is 11.8 Å². The Labute approximate surface area is 258 Å². The van der Waals surface area contributed by atoms with E-state index < -0.39 is 12.0 Å². The number of nitrogens with one attached hydrogen (secondary N) is 2. The van der Waals surface area contributed by atoms with Crippen molar-refractivity contribution in [1.29, 1.82) is 0 Å². The van der Waals surface area contributed by atoms with Crippen LogP contribution in [-0.2, 0) is 16.0 Å². The van der Waals surface area contributed by atoms with Crippen molar-refractivity contribution in [2.45, 2.75) is 38.1 Å². The van der Waals surface area contributed by atoms with Gasteiger partial charge in [-0.15, -0.1) is 6.58 Å². The van der Waals surface area contributed by atoms with Crippen LogP contribution in [0.2, 0.25) is 0 Å². The predicted molar refractivity (Wildman–Crippen MR) is 173 cm³/mol. The molecule has 0 aromatic heterocycles. The summed E-state index contributed by atoms with van der Waals surface area (Å²) in [7, 11) is 0. The number of amides is 1. The number of ketones is 1. The van der Waals surface area contributed by atoms with E-state index in [1.165, 1.54) is 0 Å². The Balaban J connectivity index is 1.28. The van der Waals surface area contributed by atoms with Gasteiger partial charge in [-0.2, -0.15) is 0 Å². The fourth-order valence-corrected chi connectivity index (χ4v) is 5.01. The molecule has 7 nitrogen and oxygen atoms in total. The highest BCUT2D eigenvalue weighted by Gasteiger charge is 2.22. The number of aryl methyl sites for hydroxylation is 1. The number of anilines is 1. The number of ether oxygens (including phenoxy) is 1. The number of aliphatic carboxylic acids is 1. The Morgan fingerprint density at radius 1 is 0.886 bits per heavy atom. The lowest BCUT2D eigenvalue weighted by atomic mass is 9.91. The van der Waals surface area contributed by atoms with Crippen LogP contribution in [0.3, 0.4) is 0 Å². The van der Waals surface area contributed by atoms with Crippen molar-refractivity contribution in [1.82, 2.24) is 5.32 Å². The summed E-state index contributed by atoms with van der Waals surface area (Å²) in [5, 5.41) is 16.0. The SMILES string of the molecule is C=CCC(C(=O)NCCCOc1ccc(CC(Nc2ccccc2C(=O)c2ccccc2)C(=O)O)cc1)c1ccccc1C. The molecule has 0 radical (unpaired) electrons. The lowest BCUT2D eigenvalue weighted by Crippen LogP contribution is -2.32. The summed E-state index contributed by atoms with van der Waals surface area (Å²) >= 11 is 0. The zero-order valence-corrected chi connectivity index (χ0v) is 24.9. The van der Waals surface area contributed by atoms with Crippen molar-refractivity contribution in [3.8, 4) is 5.75 Å². The minimum Gasteiger partial charge on any atom is -0.494 e. The zero-order chi connectivity index (χ0) is 31.3. The van der Waals surface area contributed by atoms with E-state index in [0.717, 1.165) is 16.7 Å². The van der Waals surface area contributed by atoms with Crippen molar-refractivity contribution < 1.29 is 24.2 Å². The summed E-state index contributed by atoms with van der Waals surface area (Å²) in [6.45, 7) is 6.71. The molecule has 0 saturated carbocycles. The fourth-order valence-electron chi connectivity index (χ4n) is 5.01. The van der Waals surface area contributed by atoms with Crippen LogP contribution in [-0.4, -0.2) is 42.0 Å². The van der Waals surface area contributed by atoms with Crippen LogP contribution in [0, 0.1) is 6.92 Å². The quantitative estimate of drug-likeness (QED) is 0.0774. The van der Waals surface area contributed by atoms with Gasteiger partial charge in [-0.05, 0) is 60.7 Å². The van der Waals surface area contributed by atoms with Crippen LogP contribution in [0.15, 0.2) is 116 Å². The molecule has 0 aliphatic carbocycles. The maximum atomic E-state index is 13.1. The topological polar surface area (TPSA) is 105 Å². The first-order chi connectivity index (χ1) is 21.4. The Morgan fingerprint density at radius 2 is 1.57 bits per heavy atom. The Kier molecular flexibility index (Phi) is 11.5. The molecule has 7 heteroatoms. The summed E-state index contributed by atoms with van der Waals surface area (Å²) in [6, 6.07) is 30.0. The highest BCUT2D eigenvalue weighted by Crippen LogP contribution is 2.24. The van der Waals surface area contributed by atoms with E-state index in [0.29, 0.717) is 48.6 Å². The first-order valence-electron chi connectivity index (χ1n) is 14.7. The lowest BCUT2D eigenvalue weighted by molar-refractivity contribution is -0.137. The number of carbonyl (C=O) groups excluding carboxylic acids is 2. The Morgan fingerprint density at radius 3 is 2.27 bits per heavy atom. The number of hydrogen-bond acceptors (Lipinski definition) is 5. The van der Waals surface area contributed by atoms with E-state index in [4.69, 9.17) is 4.74 Å². The number of carboxylic acids is 1. The summed E-state index contributed by atoms with van der Waals surface area (Å²) in [6.07, 6.45) is 3.18. The lowest BCUT2D eigenvalue weighted by Gasteiger charge is -2.18. The van der Waals surface area contributed by atoms with Gasteiger partial charge in [0.15, 0.2) is 5.78 Å². The summed E-state index contributed by atoms with van der Waals surface area (Å²) in [5.74, 6) is -0.849. The molecule has 0 aliphatic heterocycles. The minimum absolute atomic E-state index is 0.0304. The largest absolute Gasteiger partial charge is 0.494 e. The molecule has 4 rings (SSSR count). The van der Waals surface area contributed by atoms with Gasteiger partial charge >= 0.3 is 5.97 Å². The molecule has 0 spiro atoms. The van der Waals surface area contributed by atoms with E-state index >= 15 is 0 Å². The number of para-hydroxylation sites is 1. The number of hydrogen-bond donors (Lipinski definition) is 3. The van der Waals surface area contributed by atoms with Crippen LogP contribution in [0.4, 0.5) is 5.69 Å². The first-order valence-corrected chi connectivity index (χ1v) is 14.7. The summed E-state index contributed by atoms with van der Waals surface area (Å²) in [4.78, 5) is 38.1. The molecule has 226 valence electrons. The van der Waals surface area contributed by atoms with E-state index in [2.05, 4.69) is 17.2 Å². The van der Waals surface area contributed by atoms with Crippen molar-refractivity contribution in [2.24, 2.45) is 0 Å². The van der Waals surface area contributed by atoms with Crippen LogP contribution in [0.25, 0.3) is 0 Å². The van der Waals surface area contributed by atoms with E-state index in [9.17, 15) is 19.5 Å². The number of carboxylic acid groups (broad SMARTS) is 1. The predicted octanol–water partition coefficient (Wildman–Crippen LogP) is 6.58. The molecule has 4 aromatic rings. The van der Waals surface area contributed by atoms with Gasteiger partial charge in [-0.3, -0.25) is 9.59 Å². The highest BCUT2D eigenvalue weighted by molar-refractivity contribution is 6.12. The second-order valence-electron chi connectivity index (χ2n) is 10.6. The average Bonchev–Trinajstić information content (AvgIpc) is 3.04. The molecule has 0 aliphatic rings. The fraction of sp³-hybridized carbons (Fsp3) is 0.216. The van der Waals surface area contributed by atoms with Gasteiger partial charge in [0.05, 0.1) is 12.5 Å². The van der Waals surface area contributed by atoms with Crippen LogP contribution in [0.1, 0.15) is 51.4 Å². The van der Waals surface area contributed by atoms with Gasteiger partial charge < -0.3 is 20.5 Å². The number of benzene rings is 4. The highest BCUT2D eigenvalue weighted by atomic mass is 16.5. The Hall–Kier alpha value is -5.17. The molecule has 4 aromatic carbocycles. The van der Waals surface area contributed by atoms with Crippen molar-refractivity contribution in [3.05, 3.63) is 144 Å². The first kappa shape index (κ1) is 31.8. The third kappa shape index (κ3) is 8.67. The number of rotatable bonds is 16. The molecule has 0 fully saturated rings. The van der Waals surface area contributed by atoms with Gasteiger partial charge in [0.25, 0.3) is 0 Å². The molecule has 0 heterocycles. The third-order valence-electron chi connectivity index (χ3n) is 7.37. The standard InChI is InChI=1S/C37H38N2O5/c1-3-12-31(30-16-8-7-13-26(30)2)36(41)38-23-11-24-44-29-21-19-27(20-22-29)25-34(37(42)43)39-33-18-10-9-17-32(33)35(40)28-14-5-4-6-15-28/h3-10,13-22,31,34,39H,1,11-12,23-25H2,2H3,(H,38,41)(H,42,43). The maximum Gasteiger partial charge on any atom is 0.326 e. The summed E-state index contributed by atoms with van der Waals surface area (Å²) in [5.41, 5.74) is 4.31. The van der Waals surface area contributed by atoms with Gasteiger partial charge in [0.2, 0.25) is 5.91 Å². The van der Waals surface area contributed by atoms with E-state index in [1.54, 1.807) is 66.7 Å². The molecule has 1 amide bonds. The molecule has 3 N–H and O–H groups in total. The number of allylic oxidation sites excluding steroid dienone is 1. The second-order valence-corrected chi connectivity index (χ2v) is 10.6. The van der Waals surface area contributed by atoms with Crippen LogP contribution >= 0.6 is 0 Å². The minimum atomic E-state index is -1.02. The molecule has 44 heavy (non-hydrogen) atoms. The normalized spacial score (nSPS) is 12.0. The van der Waals surface area contributed by atoms with Gasteiger partial charge in [-0.25, -0.2) is 4.79 Å². The second kappa shape index (κ2) is 15.9. The van der Waals surface area contributed by atoms with Gasteiger partial charge in [0, 0.05) is 29.8 Å². The molecular weight excluding hydrogens is 552 g/mol. The smallest absolute Gasteiger partial charge is 0.326 e. The molecule has 2 unspecified atom stereocenters. The van der Waals surface area contributed by atoms with Crippen molar-refractivity contribution in [3.63, 3.8) is 0 Å². The molecule has 2 atom stereocenters. The molecule has 0 saturated heterocycles. The monoisotopic (exact) mass is 590 g/mol. The van der Waals surface area contributed by atoms with E-state index in [-0.39, 0.29) is 24.0 Å². The zero-order valence-electron chi connectivity index (χ0n) is 24.9. The Bertz CT molecular complexity index is 1570.